The van der Waals surface area contributed by atoms with Gasteiger partial charge in [-0.15, -0.1) is 0 Å². The highest BCUT2D eigenvalue weighted by Gasteiger charge is 2.04. The molecule has 108 valence electrons. The van der Waals surface area contributed by atoms with Gasteiger partial charge in [0.15, 0.2) is 5.43 Å². The summed E-state index contributed by atoms with van der Waals surface area (Å²) in [6.45, 7) is 1.72. The number of aromatic nitrogens is 1. The minimum atomic E-state index is -0.0154. The third-order valence-electron chi connectivity index (χ3n) is 3.20. The molecule has 1 aromatic heterocycles. The molecule has 5 heteroatoms. The summed E-state index contributed by atoms with van der Waals surface area (Å²) in [5, 5.41) is 13.1. The van der Waals surface area contributed by atoms with E-state index in [-0.39, 0.29) is 12.0 Å². The molecule has 1 heterocycles. The average Bonchev–Trinajstić information content (AvgIpc) is 2.44. The number of hydrogen-bond acceptors (Lipinski definition) is 3. The first-order chi connectivity index (χ1) is 9.72. The third-order valence-corrected chi connectivity index (χ3v) is 3.51. The number of halogens is 1. The van der Waals surface area contributed by atoms with E-state index < -0.39 is 0 Å². The Hall–Kier alpha value is -1.36. The molecule has 0 bridgehead atoms. The van der Waals surface area contributed by atoms with Gasteiger partial charge in [-0.2, -0.15) is 0 Å². The van der Waals surface area contributed by atoms with E-state index >= 15 is 0 Å². The number of fused-ring (bicyclic) bond motifs is 1. The Morgan fingerprint density at radius 3 is 2.90 bits per heavy atom. The number of aromatic amines is 1. The molecule has 0 unspecified atom stereocenters. The summed E-state index contributed by atoms with van der Waals surface area (Å²) >= 11 is 6.11. The minimum absolute atomic E-state index is 0.0154. The van der Waals surface area contributed by atoms with Gasteiger partial charge in [-0.25, -0.2) is 0 Å². The number of benzene rings is 1. The summed E-state index contributed by atoms with van der Waals surface area (Å²) in [5.74, 6) is 0. The van der Waals surface area contributed by atoms with Crippen LogP contribution in [0.4, 0.5) is 0 Å². The maximum Gasteiger partial charge on any atom is 0.189 e. The van der Waals surface area contributed by atoms with Gasteiger partial charge in [0.05, 0.1) is 10.5 Å². The SMILES string of the molecule is O=c1cc(CNCCCCCO)[nH]c2c(Cl)cccc12. The van der Waals surface area contributed by atoms with Crippen molar-refractivity contribution in [1.82, 2.24) is 10.3 Å². The fraction of sp³-hybridized carbons (Fsp3) is 0.400. The van der Waals surface area contributed by atoms with Crippen LogP contribution in [-0.2, 0) is 6.54 Å². The number of para-hydroxylation sites is 1. The van der Waals surface area contributed by atoms with E-state index in [1.54, 1.807) is 24.3 Å². The quantitative estimate of drug-likeness (QED) is 0.687. The van der Waals surface area contributed by atoms with Crippen LogP contribution in [0.5, 0.6) is 0 Å². The lowest BCUT2D eigenvalue weighted by molar-refractivity contribution is 0.283. The molecule has 0 atom stereocenters. The molecule has 0 aliphatic rings. The molecule has 0 amide bonds. The number of nitrogens with one attached hydrogen (secondary N) is 2. The molecule has 0 radical (unpaired) electrons. The van der Waals surface area contributed by atoms with E-state index in [9.17, 15) is 4.79 Å². The van der Waals surface area contributed by atoms with Crippen LogP contribution >= 0.6 is 11.6 Å². The lowest BCUT2D eigenvalue weighted by Crippen LogP contribution is -2.17. The second-order valence-corrected chi connectivity index (χ2v) is 5.19. The van der Waals surface area contributed by atoms with Crippen molar-refractivity contribution in [3.8, 4) is 0 Å². The van der Waals surface area contributed by atoms with Crippen molar-refractivity contribution in [2.24, 2.45) is 0 Å². The summed E-state index contributed by atoms with van der Waals surface area (Å²) in [4.78, 5) is 15.2. The van der Waals surface area contributed by atoms with Gasteiger partial charge in [0.25, 0.3) is 0 Å². The Morgan fingerprint density at radius 2 is 2.10 bits per heavy atom. The predicted octanol–water partition coefficient (Wildman–Crippen LogP) is 2.43. The van der Waals surface area contributed by atoms with Crippen LogP contribution in [0.15, 0.2) is 29.1 Å². The fourth-order valence-corrected chi connectivity index (χ4v) is 2.37. The van der Waals surface area contributed by atoms with Crippen LogP contribution in [0.25, 0.3) is 10.9 Å². The van der Waals surface area contributed by atoms with Gasteiger partial charge in [0.2, 0.25) is 0 Å². The molecule has 0 spiro atoms. The number of pyridine rings is 1. The number of aliphatic hydroxyl groups is 1. The number of unbranched alkanes of at least 4 members (excludes halogenated alkanes) is 2. The van der Waals surface area contributed by atoms with Crippen molar-refractivity contribution >= 4 is 22.5 Å². The summed E-state index contributed by atoms with van der Waals surface area (Å²) in [7, 11) is 0. The van der Waals surface area contributed by atoms with E-state index in [0.29, 0.717) is 22.5 Å². The zero-order chi connectivity index (χ0) is 14.4. The first-order valence-corrected chi connectivity index (χ1v) is 7.22. The van der Waals surface area contributed by atoms with Crippen LogP contribution in [0.2, 0.25) is 5.02 Å². The summed E-state index contributed by atoms with van der Waals surface area (Å²) < 4.78 is 0. The van der Waals surface area contributed by atoms with Crippen LogP contribution in [0.3, 0.4) is 0 Å². The molecular formula is C15H19ClN2O2. The summed E-state index contributed by atoms with van der Waals surface area (Å²) in [6.07, 6.45) is 2.85. The van der Waals surface area contributed by atoms with Gasteiger partial charge in [-0.3, -0.25) is 4.79 Å². The van der Waals surface area contributed by atoms with Crippen LogP contribution < -0.4 is 10.7 Å². The Bertz CT molecular complexity index is 625. The van der Waals surface area contributed by atoms with Gasteiger partial charge < -0.3 is 15.4 Å². The average molecular weight is 295 g/mol. The molecule has 0 saturated carbocycles. The van der Waals surface area contributed by atoms with E-state index in [2.05, 4.69) is 10.3 Å². The predicted molar refractivity (Wildman–Crippen MR) is 82.2 cm³/mol. The van der Waals surface area contributed by atoms with E-state index in [4.69, 9.17) is 16.7 Å². The lowest BCUT2D eigenvalue weighted by Gasteiger charge is -2.07. The third kappa shape index (κ3) is 3.82. The molecular weight excluding hydrogens is 276 g/mol. The first-order valence-electron chi connectivity index (χ1n) is 6.84. The molecule has 3 N–H and O–H groups in total. The van der Waals surface area contributed by atoms with Crippen molar-refractivity contribution in [3.05, 3.63) is 45.2 Å². The van der Waals surface area contributed by atoms with Crippen molar-refractivity contribution in [1.29, 1.82) is 0 Å². The maximum absolute atomic E-state index is 12.0. The molecule has 20 heavy (non-hydrogen) atoms. The molecule has 2 aromatic rings. The monoisotopic (exact) mass is 294 g/mol. The largest absolute Gasteiger partial charge is 0.396 e. The smallest absolute Gasteiger partial charge is 0.189 e. The topological polar surface area (TPSA) is 65.1 Å². The Balaban J connectivity index is 2.01. The van der Waals surface area contributed by atoms with Gasteiger partial charge in [-0.05, 0) is 37.9 Å². The van der Waals surface area contributed by atoms with Gasteiger partial charge in [-0.1, -0.05) is 17.7 Å². The standard InChI is InChI=1S/C15H19ClN2O2/c16-13-6-4-5-12-14(20)9-11(18-15(12)13)10-17-7-2-1-3-8-19/h4-6,9,17,19H,1-3,7-8,10H2,(H,18,20). The Kier molecular flexibility index (Phi) is 5.59. The van der Waals surface area contributed by atoms with Crippen LogP contribution in [-0.4, -0.2) is 23.2 Å². The Labute approximate surface area is 122 Å². The van der Waals surface area contributed by atoms with E-state index in [1.807, 2.05) is 0 Å². The van der Waals surface area contributed by atoms with Crippen LogP contribution in [0.1, 0.15) is 25.0 Å². The van der Waals surface area contributed by atoms with Crippen LogP contribution in [0, 0.1) is 0 Å². The molecule has 0 aliphatic carbocycles. The molecule has 0 fully saturated rings. The summed E-state index contributed by atoms with van der Waals surface area (Å²) in [5.41, 5.74) is 1.51. The zero-order valence-electron chi connectivity index (χ0n) is 11.3. The highest BCUT2D eigenvalue weighted by molar-refractivity contribution is 6.35. The van der Waals surface area contributed by atoms with E-state index in [0.717, 1.165) is 31.5 Å². The fourth-order valence-electron chi connectivity index (χ4n) is 2.15. The second-order valence-electron chi connectivity index (χ2n) is 4.78. The summed E-state index contributed by atoms with van der Waals surface area (Å²) in [6, 6.07) is 6.93. The zero-order valence-corrected chi connectivity index (χ0v) is 12.0. The van der Waals surface area contributed by atoms with Crippen molar-refractivity contribution < 1.29 is 5.11 Å². The highest BCUT2D eigenvalue weighted by Crippen LogP contribution is 2.18. The van der Waals surface area contributed by atoms with Crippen molar-refractivity contribution in [2.75, 3.05) is 13.2 Å². The van der Waals surface area contributed by atoms with Crippen molar-refractivity contribution in [2.45, 2.75) is 25.8 Å². The van der Waals surface area contributed by atoms with Gasteiger partial charge in [0.1, 0.15) is 0 Å². The molecule has 1 aromatic carbocycles. The van der Waals surface area contributed by atoms with Crippen molar-refractivity contribution in [3.63, 3.8) is 0 Å². The van der Waals surface area contributed by atoms with E-state index in [1.165, 1.54) is 0 Å². The Morgan fingerprint density at radius 1 is 1.25 bits per heavy atom. The number of hydrogen-bond donors (Lipinski definition) is 3. The number of rotatable bonds is 7. The first kappa shape index (κ1) is 15.0. The molecule has 4 nitrogen and oxygen atoms in total. The lowest BCUT2D eigenvalue weighted by atomic mass is 10.2. The molecule has 2 rings (SSSR count). The number of aliphatic hydroxyl groups excluding tert-OH is 1. The number of H-pyrrole nitrogens is 1. The highest BCUT2D eigenvalue weighted by atomic mass is 35.5. The normalized spacial score (nSPS) is 11.1. The second kappa shape index (κ2) is 7.43. The maximum atomic E-state index is 12.0. The minimum Gasteiger partial charge on any atom is -0.396 e. The van der Waals surface area contributed by atoms with Gasteiger partial charge in [0, 0.05) is 30.3 Å². The molecule has 0 aliphatic heterocycles. The molecule has 0 saturated heterocycles. The van der Waals surface area contributed by atoms with Gasteiger partial charge >= 0.3 is 0 Å².